The number of hydrogen-bond donors (Lipinski definition) is 2. The minimum atomic E-state index is -0.536. The van der Waals surface area contributed by atoms with Gasteiger partial charge in [0.2, 0.25) is 0 Å². The van der Waals surface area contributed by atoms with Gasteiger partial charge < -0.3 is 15.4 Å². The van der Waals surface area contributed by atoms with Gasteiger partial charge >= 0.3 is 0 Å². The molecule has 11 heavy (non-hydrogen) atoms. The Kier molecular flexibility index (Phi) is 2.62. The van der Waals surface area contributed by atoms with E-state index in [0.717, 1.165) is 5.56 Å². The molecule has 1 aromatic heterocycles. The number of aryl methyl sites for hydroxylation is 1. The standard InChI is InChI=1S/C7H12N2O2/c1-5-6(4-9-11-5)7(10)2-3-8/h4,7,10H,2-3,8H2,1H3/t7-/m1/s1. The van der Waals surface area contributed by atoms with E-state index in [1.54, 1.807) is 6.92 Å². The molecular weight excluding hydrogens is 144 g/mol. The van der Waals surface area contributed by atoms with Gasteiger partial charge in [0.15, 0.2) is 0 Å². The fourth-order valence-electron chi connectivity index (χ4n) is 0.940. The monoisotopic (exact) mass is 156 g/mol. The van der Waals surface area contributed by atoms with Crippen molar-refractivity contribution in [3.8, 4) is 0 Å². The zero-order chi connectivity index (χ0) is 8.27. The molecule has 0 radical (unpaired) electrons. The van der Waals surface area contributed by atoms with Crippen LogP contribution in [-0.4, -0.2) is 16.8 Å². The number of rotatable bonds is 3. The van der Waals surface area contributed by atoms with Gasteiger partial charge in [-0.2, -0.15) is 0 Å². The molecule has 1 heterocycles. The minimum Gasteiger partial charge on any atom is -0.388 e. The van der Waals surface area contributed by atoms with Crippen molar-refractivity contribution in [2.24, 2.45) is 5.73 Å². The fourth-order valence-corrected chi connectivity index (χ4v) is 0.940. The van der Waals surface area contributed by atoms with Crippen LogP contribution in [0.3, 0.4) is 0 Å². The van der Waals surface area contributed by atoms with Crippen LogP contribution in [-0.2, 0) is 0 Å². The van der Waals surface area contributed by atoms with Crippen molar-refractivity contribution < 1.29 is 9.63 Å². The molecule has 1 rings (SSSR count). The van der Waals surface area contributed by atoms with E-state index in [1.165, 1.54) is 6.20 Å². The lowest BCUT2D eigenvalue weighted by atomic mass is 10.1. The van der Waals surface area contributed by atoms with E-state index < -0.39 is 6.10 Å². The summed E-state index contributed by atoms with van der Waals surface area (Å²) < 4.78 is 4.78. The molecule has 0 unspecified atom stereocenters. The highest BCUT2D eigenvalue weighted by Gasteiger charge is 2.12. The number of nitrogens with two attached hydrogens (primary N) is 1. The zero-order valence-electron chi connectivity index (χ0n) is 6.45. The molecule has 0 fully saturated rings. The first kappa shape index (κ1) is 8.23. The van der Waals surface area contributed by atoms with Gasteiger partial charge in [0.25, 0.3) is 0 Å². The molecule has 0 saturated carbocycles. The van der Waals surface area contributed by atoms with Crippen LogP contribution in [0.25, 0.3) is 0 Å². The first-order valence-corrected chi connectivity index (χ1v) is 3.55. The average molecular weight is 156 g/mol. The third-order valence-electron chi connectivity index (χ3n) is 1.59. The predicted molar refractivity (Wildman–Crippen MR) is 39.9 cm³/mol. The molecule has 0 amide bonds. The van der Waals surface area contributed by atoms with Gasteiger partial charge in [-0.1, -0.05) is 5.16 Å². The molecule has 0 aliphatic rings. The van der Waals surface area contributed by atoms with Gasteiger partial charge in [-0.15, -0.1) is 0 Å². The molecule has 4 nitrogen and oxygen atoms in total. The quantitative estimate of drug-likeness (QED) is 0.663. The largest absolute Gasteiger partial charge is 0.388 e. The van der Waals surface area contributed by atoms with Crippen LogP contribution in [0.4, 0.5) is 0 Å². The molecule has 1 aromatic rings. The number of hydrogen-bond acceptors (Lipinski definition) is 4. The SMILES string of the molecule is Cc1oncc1[C@H](O)CCN. The van der Waals surface area contributed by atoms with Crippen LogP contribution in [0, 0.1) is 6.92 Å². The van der Waals surface area contributed by atoms with Gasteiger partial charge in [0, 0.05) is 5.56 Å². The van der Waals surface area contributed by atoms with Crippen LogP contribution in [0.15, 0.2) is 10.7 Å². The topological polar surface area (TPSA) is 72.3 Å². The van der Waals surface area contributed by atoms with E-state index in [2.05, 4.69) is 5.16 Å². The van der Waals surface area contributed by atoms with E-state index in [-0.39, 0.29) is 0 Å². The summed E-state index contributed by atoms with van der Waals surface area (Å²) in [5.74, 6) is 0.658. The van der Waals surface area contributed by atoms with Crippen LogP contribution < -0.4 is 5.73 Å². The highest BCUT2D eigenvalue weighted by atomic mass is 16.5. The minimum absolute atomic E-state index is 0.464. The average Bonchev–Trinajstić information content (AvgIpc) is 2.36. The highest BCUT2D eigenvalue weighted by molar-refractivity contribution is 5.14. The second kappa shape index (κ2) is 3.50. The van der Waals surface area contributed by atoms with Gasteiger partial charge in [-0.25, -0.2) is 0 Å². The Bertz CT molecular complexity index is 222. The lowest BCUT2D eigenvalue weighted by Crippen LogP contribution is -2.06. The number of aliphatic hydroxyl groups excluding tert-OH is 1. The van der Waals surface area contributed by atoms with Crippen molar-refractivity contribution in [1.29, 1.82) is 0 Å². The second-order valence-electron chi connectivity index (χ2n) is 2.43. The summed E-state index contributed by atoms with van der Waals surface area (Å²) in [6, 6.07) is 0. The van der Waals surface area contributed by atoms with Crippen molar-refractivity contribution >= 4 is 0 Å². The zero-order valence-corrected chi connectivity index (χ0v) is 6.45. The van der Waals surface area contributed by atoms with Crippen LogP contribution in [0.2, 0.25) is 0 Å². The van der Waals surface area contributed by atoms with Gasteiger partial charge in [-0.05, 0) is 19.9 Å². The highest BCUT2D eigenvalue weighted by Crippen LogP contribution is 2.18. The summed E-state index contributed by atoms with van der Waals surface area (Å²) in [6.07, 6.45) is 1.53. The Morgan fingerprint density at radius 2 is 2.55 bits per heavy atom. The summed E-state index contributed by atoms with van der Waals surface area (Å²) in [5.41, 5.74) is 6.01. The molecule has 4 heteroatoms. The van der Waals surface area contributed by atoms with E-state index in [4.69, 9.17) is 10.3 Å². The third-order valence-corrected chi connectivity index (χ3v) is 1.59. The van der Waals surface area contributed by atoms with Gasteiger partial charge in [-0.3, -0.25) is 0 Å². The van der Waals surface area contributed by atoms with Crippen molar-refractivity contribution in [1.82, 2.24) is 5.16 Å². The number of aromatic nitrogens is 1. The van der Waals surface area contributed by atoms with E-state index in [0.29, 0.717) is 18.7 Å². The first-order chi connectivity index (χ1) is 5.25. The van der Waals surface area contributed by atoms with Crippen molar-refractivity contribution in [3.05, 3.63) is 17.5 Å². The lowest BCUT2D eigenvalue weighted by Gasteiger charge is -2.05. The molecule has 3 N–H and O–H groups in total. The number of nitrogens with zero attached hydrogens (tertiary/aromatic N) is 1. The van der Waals surface area contributed by atoms with Crippen molar-refractivity contribution in [2.45, 2.75) is 19.4 Å². The second-order valence-corrected chi connectivity index (χ2v) is 2.43. The number of aliphatic hydroxyl groups is 1. The molecule has 0 saturated heterocycles. The summed E-state index contributed by atoms with van der Waals surface area (Å²) in [6.45, 7) is 2.23. The van der Waals surface area contributed by atoms with Crippen LogP contribution in [0.5, 0.6) is 0 Å². The maximum absolute atomic E-state index is 9.41. The molecule has 1 atom stereocenters. The fraction of sp³-hybridized carbons (Fsp3) is 0.571. The Morgan fingerprint density at radius 3 is 3.00 bits per heavy atom. The normalized spacial score (nSPS) is 13.4. The smallest absolute Gasteiger partial charge is 0.139 e. The molecule has 0 aliphatic heterocycles. The maximum Gasteiger partial charge on any atom is 0.139 e. The third kappa shape index (κ3) is 1.78. The van der Waals surface area contributed by atoms with Crippen molar-refractivity contribution in [2.75, 3.05) is 6.54 Å². The Morgan fingerprint density at radius 1 is 1.82 bits per heavy atom. The Labute approximate surface area is 65.0 Å². The van der Waals surface area contributed by atoms with Crippen LogP contribution in [0.1, 0.15) is 23.8 Å². The van der Waals surface area contributed by atoms with Gasteiger partial charge in [0.1, 0.15) is 5.76 Å². The first-order valence-electron chi connectivity index (χ1n) is 3.55. The molecule has 62 valence electrons. The predicted octanol–water partition coefficient (Wildman–Crippen LogP) is 0.365. The van der Waals surface area contributed by atoms with E-state index in [1.807, 2.05) is 0 Å². The van der Waals surface area contributed by atoms with E-state index in [9.17, 15) is 5.11 Å². The summed E-state index contributed by atoms with van der Waals surface area (Å²) in [4.78, 5) is 0. The Balaban J connectivity index is 2.67. The van der Waals surface area contributed by atoms with Gasteiger partial charge in [0.05, 0.1) is 12.3 Å². The summed E-state index contributed by atoms with van der Waals surface area (Å²) in [7, 11) is 0. The van der Waals surface area contributed by atoms with E-state index >= 15 is 0 Å². The maximum atomic E-state index is 9.41. The van der Waals surface area contributed by atoms with Crippen LogP contribution >= 0.6 is 0 Å². The summed E-state index contributed by atoms with van der Waals surface area (Å²) >= 11 is 0. The molecule has 0 aromatic carbocycles. The molecular formula is C7H12N2O2. The van der Waals surface area contributed by atoms with Crippen molar-refractivity contribution in [3.63, 3.8) is 0 Å². The lowest BCUT2D eigenvalue weighted by molar-refractivity contribution is 0.168. The molecule has 0 spiro atoms. The summed E-state index contributed by atoms with van der Waals surface area (Å²) in [5, 5.41) is 13.0. The molecule has 0 aliphatic carbocycles. The Hall–Kier alpha value is -0.870. The molecule has 0 bridgehead atoms.